The van der Waals surface area contributed by atoms with Gasteiger partial charge in [0.2, 0.25) is 0 Å². The molecule has 1 unspecified atom stereocenters. The average molecular weight is 455 g/mol. The predicted octanol–water partition coefficient (Wildman–Crippen LogP) is 7.65. The number of hydrogen-bond donors (Lipinski definition) is 0. The van der Waals surface area contributed by atoms with Crippen LogP contribution in [0, 0.1) is 23.1 Å². The van der Waals surface area contributed by atoms with Crippen molar-refractivity contribution in [3.63, 3.8) is 0 Å². The maximum absolute atomic E-state index is 13.7. The van der Waals surface area contributed by atoms with Gasteiger partial charge in [-0.1, -0.05) is 92.1 Å². The van der Waals surface area contributed by atoms with Crippen molar-refractivity contribution < 1.29 is 4.39 Å². The van der Waals surface area contributed by atoms with Gasteiger partial charge in [-0.25, -0.2) is 4.39 Å². The van der Waals surface area contributed by atoms with E-state index < -0.39 is 5.41 Å². The highest BCUT2D eigenvalue weighted by Gasteiger charge is 2.40. The standard InChI is InChI=1S/C31H35FN2/c32-30-19-17-29(18-20-30)31(25-33,28-15-8-3-9-16-28)21-10-22-34(23-26-11-4-1-5-12-26)24-27-13-6-2-7-14-27/h1-2,4-7,11-14,17-20,28H,3,8-10,15-16,21-24H2. The molecule has 4 rings (SSSR count). The average Bonchev–Trinajstić information content (AvgIpc) is 2.89. The molecule has 0 amide bonds. The van der Waals surface area contributed by atoms with Crippen LogP contribution in [0.4, 0.5) is 4.39 Å². The fourth-order valence-corrected chi connectivity index (χ4v) is 5.62. The molecule has 1 atom stereocenters. The summed E-state index contributed by atoms with van der Waals surface area (Å²) in [6, 6.07) is 30.7. The molecule has 1 aliphatic rings. The summed E-state index contributed by atoms with van der Waals surface area (Å²) in [6.45, 7) is 2.69. The van der Waals surface area contributed by atoms with Crippen LogP contribution in [0.2, 0.25) is 0 Å². The second kappa shape index (κ2) is 12.0. The second-order valence-corrected chi connectivity index (χ2v) is 9.71. The van der Waals surface area contributed by atoms with Crippen molar-refractivity contribution in [1.29, 1.82) is 5.26 Å². The second-order valence-electron chi connectivity index (χ2n) is 9.71. The Hall–Kier alpha value is -2.96. The van der Waals surface area contributed by atoms with Crippen molar-refractivity contribution in [3.05, 3.63) is 107 Å². The molecule has 1 fully saturated rings. The minimum Gasteiger partial charge on any atom is -0.295 e. The zero-order valence-electron chi connectivity index (χ0n) is 20.0. The van der Waals surface area contributed by atoms with Gasteiger partial charge in [-0.2, -0.15) is 5.26 Å². The third-order valence-electron chi connectivity index (χ3n) is 7.40. The maximum Gasteiger partial charge on any atom is 0.123 e. The van der Waals surface area contributed by atoms with E-state index in [-0.39, 0.29) is 5.82 Å². The molecule has 0 heterocycles. The van der Waals surface area contributed by atoms with Crippen LogP contribution in [-0.4, -0.2) is 11.4 Å². The molecule has 1 aliphatic carbocycles. The smallest absolute Gasteiger partial charge is 0.123 e. The molecule has 176 valence electrons. The Bertz CT molecular complexity index is 995. The minimum atomic E-state index is -0.542. The molecule has 3 aromatic carbocycles. The Balaban J connectivity index is 1.52. The largest absolute Gasteiger partial charge is 0.295 e. The first-order valence-corrected chi connectivity index (χ1v) is 12.7. The normalized spacial score (nSPS) is 16.1. The molecule has 0 aromatic heterocycles. The zero-order chi connectivity index (χ0) is 23.6. The first-order chi connectivity index (χ1) is 16.7. The Kier molecular flexibility index (Phi) is 8.50. The summed E-state index contributed by atoms with van der Waals surface area (Å²) < 4.78 is 13.7. The maximum atomic E-state index is 13.7. The highest BCUT2D eigenvalue weighted by molar-refractivity contribution is 5.34. The quantitative estimate of drug-likeness (QED) is 0.314. The Morgan fingerprint density at radius 2 is 1.35 bits per heavy atom. The molecule has 0 radical (unpaired) electrons. The van der Waals surface area contributed by atoms with Crippen molar-refractivity contribution in [1.82, 2.24) is 4.90 Å². The van der Waals surface area contributed by atoms with E-state index in [1.165, 1.54) is 42.5 Å². The van der Waals surface area contributed by atoms with E-state index in [4.69, 9.17) is 0 Å². The molecule has 3 aromatic rings. The number of hydrogen-bond acceptors (Lipinski definition) is 2. The lowest BCUT2D eigenvalue weighted by Gasteiger charge is -2.38. The summed E-state index contributed by atoms with van der Waals surface area (Å²) in [5.74, 6) is 0.101. The van der Waals surface area contributed by atoms with Gasteiger partial charge in [0.1, 0.15) is 5.82 Å². The molecule has 0 saturated heterocycles. The van der Waals surface area contributed by atoms with Gasteiger partial charge in [0.05, 0.1) is 11.5 Å². The van der Waals surface area contributed by atoms with Gasteiger partial charge in [0.15, 0.2) is 0 Å². The number of rotatable bonds is 10. The van der Waals surface area contributed by atoms with Gasteiger partial charge in [-0.3, -0.25) is 4.90 Å². The molecule has 0 spiro atoms. The summed E-state index contributed by atoms with van der Waals surface area (Å²) in [7, 11) is 0. The molecular weight excluding hydrogens is 419 g/mol. The van der Waals surface area contributed by atoms with Crippen LogP contribution < -0.4 is 0 Å². The number of benzene rings is 3. The summed E-state index contributed by atoms with van der Waals surface area (Å²) >= 11 is 0. The van der Waals surface area contributed by atoms with E-state index in [1.54, 1.807) is 0 Å². The van der Waals surface area contributed by atoms with E-state index in [9.17, 15) is 9.65 Å². The van der Waals surface area contributed by atoms with Gasteiger partial charge in [0.25, 0.3) is 0 Å². The summed E-state index contributed by atoms with van der Waals surface area (Å²) in [4.78, 5) is 2.48. The van der Waals surface area contributed by atoms with Gasteiger partial charge in [-0.05, 0) is 67.0 Å². The summed E-state index contributed by atoms with van der Waals surface area (Å²) in [5.41, 5.74) is 3.05. The molecule has 1 saturated carbocycles. The van der Waals surface area contributed by atoms with Crippen molar-refractivity contribution in [2.75, 3.05) is 6.54 Å². The van der Waals surface area contributed by atoms with Crippen molar-refractivity contribution in [2.24, 2.45) is 5.92 Å². The van der Waals surface area contributed by atoms with Gasteiger partial charge < -0.3 is 0 Å². The third kappa shape index (κ3) is 6.13. The van der Waals surface area contributed by atoms with Gasteiger partial charge >= 0.3 is 0 Å². The van der Waals surface area contributed by atoms with E-state index in [1.807, 2.05) is 12.1 Å². The molecule has 0 aliphatic heterocycles. The minimum absolute atomic E-state index is 0.240. The first kappa shape index (κ1) is 24.2. The first-order valence-electron chi connectivity index (χ1n) is 12.7. The Labute approximate surface area is 204 Å². The molecule has 34 heavy (non-hydrogen) atoms. The number of nitriles is 1. The third-order valence-corrected chi connectivity index (χ3v) is 7.40. The highest BCUT2D eigenvalue weighted by atomic mass is 19.1. The lowest BCUT2D eigenvalue weighted by Crippen LogP contribution is -2.36. The molecule has 0 N–H and O–H groups in total. The fraction of sp³-hybridized carbons (Fsp3) is 0.387. The molecule has 0 bridgehead atoms. The molecule has 3 heteroatoms. The van der Waals surface area contributed by atoms with Crippen molar-refractivity contribution in [3.8, 4) is 6.07 Å². The number of nitrogens with zero attached hydrogens (tertiary/aromatic N) is 2. The van der Waals surface area contributed by atoms with Crippen LogP contribution in [0.25, 0.3) is 0 Å². The van der Waals surface area contributed by atoms with E-state index in [0.717, 1.165) is 50.9 Å². The van der Waals surface area contributed by atoms with Crippen LogP contribution in [0.3, 0.4) is 0 Å². The van der Waals surface area contributed by atoms with Gasteiger partial charge in [0, 0.05) is 13.1 Å². The van der Waals surface area contributed by atoms with Gasteiger partial charge in [-0.15, -0.1) is 0 Å². The Morgan fingerprint density at radius 3 is 1.88 bits per heavy atom. The number of halogens is 1. The van der Waals surface area contributed by atoms with Crippen molar-refractivity contribution in [2.45, 2.75) is 63.5 Å². The van der Waals surface area contributed by atoms with Crippen LogP contribution in [0.15, 0.2) is 84.9 Å². The van der Waals surface area contributed by atoms with Crippen LogP contribution in [-0.2, 0) is 18.5 Å². The van der Waals surface area contributed by atoms with E-state index >= 15 is 0 Å². The summed E-state index contributed by atoms with van der Waals surface area (Å²) in [5, 5.41) is 10.5. The van der Waals surface area contributed by atoms with Crippen LogP contribution in [0.1, 0.15) is 61.6 Å². The molecular formula is C31H35FN2. The van der Waals surface area contributed by atoms with Crippen LogP contribution in [0.5, 0.6) is 0 Å². The SMILES string of the molecule is N#CC(CCCN(Cc1ccccc1)Cc1ccccc1)(c1ccc(F)cc1)C1CCCCC1. The topological polar surface area (TPSA) is 27.0 Å². The lowest BCUT2D eigenvalue weighted by molar-refractivity contribution is 0.207. The fourth-order valence-electron chi connectivity index (χ4n) is 5.62. The van der Waals surface area contributed by atoms with E-state index in [0.29, 0.717) is 5.92 Å². The zero-order valence-corrected chi connectivity index (χ0v) is 20.0. The van der Waals surface area contributed by atoms with E-state index in [2.05, 4.69) is 71.6 Å². The van der Waals surface area contributed by atoms with Crippen LogP contribution >= 0.6 is 0 Å². The monoisotopic (exact) mass is 454 g/mol. The summed E-state index contributed by atoms with van der Waals surface area (Å²) in [6.07, 6.45) is 7.53. The predicted molar refractivity (Wildman–Crippen MR) is 136 cm³/mol. The highest BCUT2D eigenvalue weighted by Crippen LogP contribution is 2.44. The lowest BCUT2D eigenvalue weighted by atomic mass is 9.63. The Morgan fingerprint density at radius 1 is 0.794 bits per heavy atom. The molecule has 2 nitrogen and oxygen atoms in total. The van der Waals surface area contributed by atoms with Crippen molar-refractivity contribution >= 4 is 0 Å².